The third-order valence-electron chi connectivity index (χ3n) is 4.42. The number of amides is 1. The van der Waals surface area contributed by atoms with E-state index in [0.717, 1.165) is 38.0 Å². The summed E-state index contributed by atoms with van der Waals surface area (Å²) in [7, 11) is 1.89. The molecule has 4 heteroatoms. The maximum atomic E-state index is 12.5. The average Bonchev–Trinajstić information content (AvgIpc) is 2.54. The second-order valence-corrected chi connectivity index (χ2v) is 5.91. The quantitative estimate of drug-likeness (QED) is 0.902. The Morgan fingerprint density at radius 1 is 1.33 bits per heavy atom. The molecule has 1 atom stereocenters. The van der Waals surface area contributed by atoms with E-state index in [1.54, 1.807) is 0 Å². The fourth-order valence-electron chi connectivity index (χ4n) is 3.05. The summed E-state index contributed by atoms with van der Waals surface area (Å²) >= 11 is 0. The molecule has 2 rings (SSSR count). The number of nitrogens with two attached hydrogens (primary N) is 1. The summed E-state index contributed by atoms with van der Waals surface area (Å²) in [6.07, 6.45) is 3.28. The molecule has 1 fully saturated rings. The van der Waals surface area contributed by atoms with Crippen molar-refractivity contribution in [3.63, 3.8) is 0 Å². The van der Waals surface area contributed by atoms with Crippen molar-refractivity contribution >= 4 is 5.91 Å². The molecule has 116 valence electrons. The van der Waals surface area contributed by atoms with Crippen molar-refractivity contribution in [2.24, 2.45) is 5.73 Å². The first-order valence-electron chi connectivity index (χ1n) is 7.93. The molecule has 0 saturated carbocycles. The lowest BCUT2D eigenvalue weighted by Gasteiger charge is -2.37. The van der Waals surface area contributed by atoms with Crippen molar-refractivity contribution in [2.75, 3.05) is 26.7 Å². The summed E-state index contributed by atoms with van der Waals surface area (Å²) < 4.78 is 0. The smallest absolute Gasteiger partial charge is 0.244 e. The van der Waals surface area contributed by atoms with Crippen LogP contribution in [0, 0.1) is 0 Å². The Morgan fingerprint density at radius 2 is 1.95 bits per heavy atom. The molecular weight excluding hydrogens is 262 g/mol. The Kier molecular flexibility index (Phi) is 5.76. The number of likely N-dealkylation sites (tertiary alicyclic amines) is 1. The maximum absolute atomic E-state index is 12.5. The number of hydrogen-bond acceptors (Lipinski definition) is 3. The molecule has 1 aliphatic rings. The molecule has 0 aliphatic carbocycles. The molecule has 0 radical (unpaired) electrons. The zero-order chi connectivity index (χ0) is 15.2. The molecular formula is C17H27N3O. The fraction of sp³-hybridized carbons (Fsp3) is 0.588. The fourth-order valence-corrected chi connectivity index (χ4v) is 3.05. The first-order chi connectivity index (χ1) is 10.1. The van der Waals surface area contributed by atoms with Gasteiger partial charge in [0.1, 0.15) is 6.04 Å². The lowest BCUT2D eigenvalue weighted by atomic mass is 10.0. The third kappa shape index (κ3) is 4.05. The average molecular weight is 289 g/mol. The van der Waals surface area contributed by atoms with Gasteiger partial charge in [0.2, 0.25) is 5.91 Å². The molecule has 2 N–H and O–H groups in total. The SMILES string of the molecule is CCCN1CCC(N(C)C(=O)[C@H](N)c2ccccc2)CC1. The molecule has 0 bridgehead atoms. The number of piperidine rings is 1. The predicted octanol–water partition coefficient (Wildman–Crippen LogP) is 2.02. The van der Waals surface area contributed by atoms with Gasteiger partial charge in [0.05, 0.1) is 0 Å². The van der Waals surface area contributed by atoms with Crippen LogP contribution in [-0.2, 0) is 4.79 Å². The lowest BCUT2D eigenvalue weighted by Crippen LogP contribution is -2.48. The highest BCUT2D eigenvalue weighted by Crippen LogP contribution is 2.19. The van der Waals surface area contributed by atoms with Crippen LogP contribution in [0.3, 0.4) is 0 Å². The zero-order valence-electron chi connectivity index (χ0n) is 13.2. The highest BCUT2D eigenvalue weighted by molar-refractivity contribution is 5.83. The van der Waals surface area contributed by atoms with Crippen LogP contribution in [0.5, 0.6) is 0 Å². The minimum atomic E-state index is -0.551. The van der Waals surface area contributed by atoms with Crippen molar-refractivity contribution < 1.29 is 4.79 Å². The topological polar surface area (TPSA) is 49.6 Å². The van der Waals surface area contributed by atoms with Gasteiger partial charge in [-0.05, 0) is 31.4 Å². The van der Waals surface area contributed by atoms with Gasteiger partial charge >= 0.3 is 0 Å². The second kappa shape index (κ2) is 7.57. The monoisotopic (exact) mass is 289 g/mol. The third-order valence-corrected chi connectivity index (χ3v) is 4.42. The Balaban J connectivity index is 1.91. The van der Waals surface area contributed by atoms with Crippen LogP contribution in [0.4, 0.5) is 0 Å². The van der Waals surface area contributed by atoms with E-state index in [1.807, 2.05) is 42.3 Å². The van der Waals surface area contributed by atoms with E-state index in [1.165, 1.54) is 6.42 Å². The van der Waals surface area contributed by atoms with Crippen LogP contribution in [-0.4, -0.2) is 48.4 Å². The summed E-state index contributed by atoms with van der Waals surface area (Å²) in [5.74, 6) is 0.0233. The Morgan fingerprint density at radius 3 is 2.52 bits per heavy atom. The molecule has 1 amide bonds. The summed E-state index contributed by atoms with van der Waals surface area (Å²) in [6, 6.07) is 9.39. The summed E-state index contributed by atoms with van der Waals surface area (Å²) in [5, 5.41) is 0. The molecule has 1 heterocycles. The van der Waals surface area contributed by atoms with Gasteiger partial charge in [-0.2, -0.15) is 0 Å². The molecule has 21 heavy (non-hydrogen) atoms. The van der Waals surface area contributed by atoms with Gasteiger partial charge < -0.3 is 15.5 Å². The summed E-state index contributed by atoms with van der Waals surface area (Å²) in [6.45, 7) is 5.53. The van der Waals surface area contributed by atoms with E-state index in [2.05, 4.69) is 11.8 Å². The van der Waals surface area contributed by atoms with Gasteiger partial charge in [0, 0.05) is 26.2 Å². The van der Waals surface area contributed by atoms with Crippen LogP contribution >= 0.6 is 0 Å². The minimum Gasteiger partial charge on any atom is -0.341 e. The van der Waals surface area contributed by atoms with Gasteiger partial charge in [-0.25, -0.2) is 0 Å². The highest BCUT2D eigenvalue weighted by Gasteiger charge is 2.28. The van der Waals surface area contributed by atoms with E-state index in [4.69, 9.17) is 5.73 Å². The van der Waals surface area contributed by atoms with Crippen molar-refractivity contribution in [1.29, 1.82) is 0 Å². The van der Waals surface area contributed by atoms with Crippen LogP contribution in [0.2, 0.25) is 0 Å². The molecule has 4 nitrogen and oxygen atoms in total. The molecule has 0 aromatic heterocycles. The number of carbonyl (C=O) groups is 1. The largest absolute Gasteiger partial charge is 0.341 e. The first-order valence-corrected chi connectivity index (χ1v) is 7.93. The summed E-state index contributed by atoms with van der Waals surface area (Å²) in [4.78, 5) is 16.9. The number of nitrogens with zero attached hydrogens (tertiary/aromatic N) is 2. The Hall–Kier alpha value is -1.39. The highest BCUT2D eigenvalue weighted by atomic mass is 16.2. The number of benzene rings is 1. The standard InChI is InChI=1S/C17H27N3O/c1-3-11-20-12-9-15(10-13-20)19(2)17(21)16(18)14-7-5-4-6-8-14/h4-8,15-16H,3,9-13,18H2,1-2H3/t16-/m1/s1. The van der Waals surface area contributed by atoms with Crippen LogP contribution in [0.15, 0.2) is 30.3 Å². The van der Waals surface area contributed by atoms with E-state index in [-0.39, 0.29) is 5.91 Å². The number of carbonyl (C=O) groups excluding carboxylic acids is 1. The molecule has 1 aromatic carbocycles. The van der Waals surface area contributed by atoms with Gasteiger partial charge in [-0.3, -0.25) is 4.79 Å². The number of likely N-dealkylation sites (N-methyl/N-ethyl adjacent to an activating group) is 1. The molecule has 1 aliphatic heterocycles. The van der Waals surface area contributed by atoms with Gasteiger partial charge in [0.15, 0.2) is 0 Å². The van der Waals surface area contributed by atoms with Crippen molar-refractivity contribution in [3.05, 3.63) is 35.9 Å². The van der Waals surface area contributed by atoms with Crippen LogP contribution in [0.1, 0.15) is 37.8 Å². The molecule has 0 unspecified atom stereocenters. The zero-order valence-corrected chi connectivity index (χ0v) is 13.2. The van der Waals surface area contributed by atoms with E-state index in [0.29, 0.717) is 6.04 Å². The normalized spacial score (nSPS) is 18.4. The second-order valence-electron chi connectivity index (χ2n) is 5.91. The minimum absolute atomic E-state index is 0.0233. The molecule has 0 spiro atoms. The molecule has 1 saturated heterocycles. The first kappa shape index (κ1) is 16.0. The van der Waals surface area contributed by atoms with Gasteiger partial charge in [-0.15, -0.1) is 0 Å². The van der Waals surface area contributed by atoms with Crippen molar-refractivity contribution in [2.45, 2.75) is 38.3 Å². The maximum Gasteiger partial charge on any atom is 0.244 e. The van der Waals surface area contributed by atoms with E-state index in [9.17, 15) is 4.79 Å². The Labute approximate surface area is 127 Å². The van der Waals surface area contributed by atoms with Crippen molar-refractivity contribution in [3.8, 4) is 0 Å². The van der Waals surface area contributed by atoms with E-state index >= 15 is 0 Å². The van der Waals surface area contributed by atoms with Crippen LogP contribution < -0.4 is 5.73 Å². The van der Waals surface area contributed by atoms with E-state index < -0.39 is 6.04 Å². The van der Waals surface area contributed by atoms with Gasteiger partial charge in [-0.1, -0.05) is 37.3 Å². The number of rotatable bonds is 5. The number of hydrogen-bond donors (Lipinski definition) is 1. The molecule has 1 aromatic rings. The summed E-state index contributed by atoms with van der Waals surface area (Å²) in [5.41, 5.74) is 7.01. The van der Waals surface area contributed by atoms with Crippen LogP contribution in [0.25, 0.3) is 0 Å². The van der Waals surface area contributed by atoms with Gasteiger partial charge in [0.25, 0.3) is 0 Å². The lowest BCUT2D eigenvalue weighted by molar-refractivity contribution is -0.134. The Bertz CT molecular complexity index is 441. The predicted molar refractivity (Wildman–Crippen MR) is 85.9 cm³/mol. The van der Waals surface area contributed by atoms with Crippen molar-refractivity contribution in [1.82, 2.24) is 9.80 Å².